The molecule has 0 saturated carbocycles. The molecular weight excluding hydrogens is 292 g/mol. The molecule has 0 aliphatic carbocycles. The molecule has 0 amide bonds. The van der Waals surface area contributed by atoms with E-state index in [-0.39, 0.29) is 10.6 Å². The van der Waals surface area contributed by atoms with Gasteiger partial charge in [0, 0.05) is 18.7 Å². The lowest BCUT2D eigenvalue weighted by Gasteiger charge is -2.20. The van der Waals surface area contributed by atoms with Gasteiger partial charge < -0.3 is 10.0 Å². The fourth-order valence-electron chi connectivity index (χ4n) is 2.50. The molecule has 0 spiro atoms. The van der Waals surface area contributed by atoms with Crippen LogP contribution in [0, 0.1) is 10.1 Å². The molecule has 0 fully saturated rings. The van der Waals surface area contributed by atoms with Crippen molar-refractivity contribution in [3.63, 3.8) is 0 Å². The Bertz CT molecular complexity index is 614. The van der Waals surface area contributed by atoms with Crippen LogP contribution in [0.2, 0.25) is 0 Å². The smallest absolute Gasteiger partial charge is 0.269 e. The lowest BCUT2D eigenvalue weighted by atomic mass is 10.1. The van der Waals surface area contributed by atoms with Crippen LogP contribution in [0.25, 0.3) is 0 Å². The number of hydrogen-bond acceptors (Lipinski definition) is 4. The zero-order valence-corrected chi connectivity index (χ0v) is 13.3. The van der Waals surface area contributed by atoms with Crippen LogP contribution in [0.1, 0.15) is 23.7 Å². The number of rotatable bonds is 8. The number of non-ortho nitro benzene ring substituents is 1. The van der Waals surface area contributed by atoms with Crippen LogP contribution in [-0.4, -0.2) is 35.1 Å². The highest BCUT2D eigenvalue weighted by Crippen LogP contribution is 2.15. The maximum absolute atomic E-state index is 10.6. The Morgan fingerprint density at radius 1 is 1.13 bits per heavy atom. The van der Waals surface area contributed by atoms with Crippen LogP contribution in [0.5, 0.6) is 0 Å². The summed E-state index contributed by atoms with van der Waals surface area (Å²) in [5.74, 6) is 0. The number of nitro groups is 1. The normalized spacial score (nSPS) is 12.3. The van der Waals surface area contributed by atoms with Crippen LogP contribution in [0.3, 0.4) is 0 Å². The SMILES string of the molecule is CN(CCCc1ccc([N+](=O)[O-])cc1)CC(O)c1ccccc1. The molecular formula is C18H22N2O3. The van der Waals surface area contributed by atoms with Gasteiger partial charge in [-0.15, -0.1) is 0 Å². The maximum atomic E-state index is 10.6. The molecule has 5 nitrogen and oxygen atoms in total. The Morgan fingerprint density at radius 2 is 1.78 bits per heavy atom. The molecule has 2 aromatic carbocycles. The van der Waals surface area contributed by atoms with Crippen LogP contribution in [0.4, 0.5) is 5.69 Å². The minimum absolute atomic E-state index is 0.122. The first-order valence-corrected chi connectivity index (χ1v) is 7.71. The van der Waals surface area contributed by atoms with Crippen LogP contribution < -0.4 is 0 Å². The molecule has 23 heavy (non-hydrogen) atoms. The minimum Gasteiger partial charge on any atom is -0.387 e. The summed E-state index contributed by atoms with van der Waals surface area (Å²) in [5, 5.41) is 20.8. The molecule has 0 saturated heterocycles. The zero-order valence-electron chi connectivity index (χ0n) is 13.3. The first kappa shape index (κ1) is 17.1. The predicted molar refractivity (Wildman–Crippen MR) is 90.3 cm³/mol. The van der Waals surface area contributed by atoms with E-state index in [1.54, 1.807) is 12.1 Å². The summed E-state index contributed by atoms with van der Waals surface area (Å²) in [4.78, 5) is 12.3. The number of aryl methyl sites for hydroxylation is 1. The van der Waals surface area contributed by atoms with E-state index < -0.39 is 6.10 Å². The van der Waals surface area contributed by atoms with Crippen LogP contribution in [-0.2, 0) is 6.42 Å². The molecule has 0 aromatic heterocycles. The summed E-state index contributed by atoms with van der Waals surface area (Å²) in [5.41, 5.74) is 2.14. The molecule has 0 radical (unpaired) electrons. The topological polar surface area (TPSA) is 66.6 Å². The first-order chi connectivity index (χ1) is 11.1. The van der Waals surface area contributed by atoms with Gasteiger partial charge >= 0.3 is 0 Å². The highest BCUT2D eigenvalue weighted by molar-refractivity contribution is 5.32. The summed E-state index contributed by atoms with van der Waals surface area (Å²) in [7, 11) is 1.99. The standard InChI is InChI=1S/C18H22N2O3/c1-19(14-18(21)16-7-3-2-4-8-16)13-5-6-15-9-11-17(12-10-15)20(22)23/h2-4,7-12,18,21H,5-6,13-14H2,1H3. The van der Waals surface area contributed by atoms with Crippen molar-refractivity contribution in [2.75, 3.05) is 20.1 Å². The highest BCUT2D eigenvalue weighted by atomic mass is 16.6. The van der Waals surface area contributed by atoms with E-state index in [0.717, 1.165) is 30.5 Å². The van der Waals surface area contributed by atoms with E-state index in [2.05, 4.69) is 4.90 Å². The van der Waals surface area contributed by atoms with Crippen molar-refractivity contribution in [3.8, 4) is 0 Å². The quantitative estimate of drug-likeness (QED) is 0.600. The Balaban J connectivity index is 1.74. The van der Waals surface area contributed by atoms with Crippen molar-refractivity contribution in [2.24, 2.45) is 0 Å². The van der Waals surface area contributed by atoms with E-state index in [4.69, 9.17) is 0 Å². The van der Waals surface area contributed by atoms with E-state index in [9.17, 15) is 15.2 Å². The summed E-state index contributed by atoms with van der Waals surface area (Å²) in [6.07, 6.45) is 1.32. The third kappa shape index (κ3) is 5.47. The largest absolute Gasteiger partial charge is 0.387 e. The molecule has 2 rings (SSSR count). The Kier molecular flexibility index (Phi) is 6.26. The number of aliphatic hydroxyl groups is 1. The minimum atomic E-state index is -0.486. The van der Waals surface area contributed by atoms with Crippen LogP contribution >= 0.6 is 0 Å². The fourth-order valence-corrected chi connectivity index (χ4v) is 2.50. The van der Waals surface area contributed by atoms with E-state index in [0.29, 0.717) is 6.54 Å². The lowest BCUT2D eigenvalue weighted by molar-refractivity contribution is -0.384. The van der Waals surface area contributed by atoms with E-state index in [1.165, 1.54) is 12.1 Å². The second-order valence-corrected chi connectivity index (χ2v) is 5.72. The van der Waals surface area contributed by atoms with Crippen molar-refractivity contribution in [3.05, 3.63) is 75.8 Å². The third-order valence-corrected chi connectivity index (χ3v) is 3.82. The molecule has 1 unspecified atom stereocenters. The van der Waals surface area contributed by atoms with Crippen molar-refractivity contribution >= 4 is 5.69 Å². The van der Waals surface area contributed by atoms with E-state index >= 15 is 0 Å². The van der Waals surface area contributed by atoms with Gasteiger partial charge in [0.1, 0.15) is 0 Å². The second kappa shape index (κ2) is 8.41. The second-order valence-electron chi connectivity index (χ2n) is 5.72. The van der Waals surface area contributed by atoms with Gasteiger partial charge in [-0.05, 0) is 37.6 Å². The predicted octanol–water partition coefficient (Wildman–Crippen LogP) is 3.19. The molecule has 0 aliphatic rings. The van der Waals surface area contributed by atoms with Crippen molar-refractivity contribution < 1.29 is 10.0 Å². The molecule has 1 atom stereocenters. The van der Waals surface area contributed by atoms with Gasteiger partial charge in [-0.2, -0.15) is 0 Å². The number of nitro benzene ring substituents is 1. The summed E-state index contributed by atoms with van der Waals surface area (Å²) in [6.45, 7) is 1.45. The number of nitrogens with zero attached hydrogens (tertiary/aromatic N) is 2. The lowest BCUT2D eigenvalue weighted by Crippen LogP contribution is -2.26. The zero-order chi connectivity index (χ0) is 16.7. The number of benzene rings is 2. The van der Waals surface area contributed by atoms with Crippen molar-refractivity contribution in [1.29, 1.82) is 0 Å². The highest BCUT2D eigenvalue weighted by Gasteiger charge is 2.10. The van der Waals surface area contributed by atoms with E-state index in [1.807, 2.05) is 37.4 Å². The molecule has 1 N–H and O–H groups in total. The maximum Gasteiger partial charge on any atom is 0.269 e. The number of hydrogen-bond donors (Lipinski definition) is 1. The van der Waals surface area contributed by atoms with Gasteiger partial charge in [0.25, 0.3) is 5.69 Å². The summed E-state index contributed by atoms with van der Waals surface area (Å²) in [6, 6.07) is 16.3. The molecule has 0 aliphatic heterocycles. The third-order valence-electron chi connectivity index (χ3n) is 3.82. The molecule has 2 aromatic rings. The summed E-state index contributed by atoms with van der Waals surface area (Å²) >= 11 is 0. The van der Waals surface area contributed by atoms with Gasteiger partial charge in [0.05, 0.1) is 11.0 Å². The average molecular weight is 314 g/mol. The van der Waals surface area contributed by atoms with Crippen molar-refractivity contribution in [1.82, 2.24) is 4.90 Å². The first-order valence-electron chi connectivity index (χ1n) is 7.71. The molecule has 5 heteroatoms. The number of likely N-dealkylation sites (N-methyl/N-ethyl adjacent to an activating group) is 1. The Labute approximate surface area is 136 Å². The van der Waals surface area contributed by atoms with Gasteiger partial charge in [-0.3, -0.25) is 10.1 Å². The summed E-state index contributed by atoms with van der Waals surface area (Å²) < 4.78 is 0. The van der Waals surface area contributed by atoms with Gasteiger partial charge in [0.15, 0.2) is 0 Å². The van der Waals surface area contributed by atoms with Crippen LogP contribution in [0.15, 0.2) is 54.6 Å². The molecule has 122 valence electrons. The molecule has 0 bridgehead atoms. The van der Waals surface area contributed by atoms with Gasteiger partial charge in [-0.1, -0.05) is 42.5 Å². The Hall–Kier alpha value is -2.24. The molecule has 0 heterocycles. The fraction of sp³-hybridized carbons (Fsp3) is 0.333. The number of aliphatic hydroxyl groups excluding tert-OH is 1. The van der Waals surface area contributed by atoms with Crippen molar-refractivity contribution in [2.45, 2.75) is 18.9 Å². The monoisotopic (exact) mass is 314 g/mol. The Morgan fingerprint density at radius 3 is 2.39 bits per heavy atom. The van der Waals surface area contributed by atoms with Gasteiger partial charge in [0.2, 0.25) is 0 Å². The average Bonchev–Trinajstić information content (AvgIpc) is 2.56. The van der Waals surface area contributed by atoms with Gasteiger partial charge in [-0.25, -0.2) is 0 Å².